The van der Waals surface area contributed by atoms with E-state index in [2.05, 4.69) is 0 Å². The summed E-state index contributed by atoms with van der Waals surface area (Å²) in [4.78, 5) is 12.4. The molecule has 0 aromatic rings. The molecular weight excluding hydrogens is 544 g/mol. The van der Waals surface area contributed by atoms with Gasteiger partial charge in [0.05, 0.1) is 19.3 Å². The molecule has 3 fully saturated rings. The smallest absolute Gasteiger partial charge is 0.335 e. The summed E-state index contributed by atoms with van der Waals surface area (Å²) in [6.07, 6.45) is -17.4. The van der Waals surface area contributed by atoms with Crippen LogP contribution in [0.5, 0.6) is 0 Å². The maximum absolute atomic E-state index is 12.4. The minimum absolute atomic E-state index is 0.454. The van der Waals surface area contributed by atoms with Crippen molar-refractivity contribution in [2.75, 3.05) is 48.8 Å². The Morgan fingerprint density at radius 2 is 1.07 bits per heavy atom. The van der Waals surface area contributed by atoms with E-state index in [1.807, 2.05) is 0 Å². The zero-order valence-corrected chi connectivity index (χ0v) is 23.3. The van der Waals surface area contributed by atoms with Gasteiger partial charge in [-0.1, -0.05) is 0 Å². The van der Waals surface area contributed by atoms with E-state index < -0.39 is 111 Å². The molecule has 3 aliphatic heterocycles. The van der Waals surface area contributed by atoms with Gasteiger partial charge in [0.25, 0.3) is 0 Å². The van der Waals surface area contributed by atoms with E-state index in [4.69, 9.17) is 47.4 Å². The zero-order chi connectivity index (χ0) is 29.7. The molecule has 3 saturated heterocycles. The number of carbonyl (C=O) groups is 1. The molecule has 0 radical (unpaired) electrons. The molecule has 3 aliphatic rings. The molecule has 0 unspecified atom stereocenters. The molecule has 234 valence electrons. The molecule has 3 heterocycles. The number of hydrogen-bond donors (Lipinski definition) is 5. The highest BCUT2D eigenvalue weighted by Crippen LogP contribution is 2.35. The highest BCUT2D eigenvalue weighted by atomic mass is 16.8. The van der Waals surface area contributed by atoms with Gasteiger partial charge in [0.2, 0.25) is 0 Å². The van der Waals surface area contributed by atoms with Crippen LogP contribution in [0.1, 0.15) is 6.92 Å². The average Bonchev–Trinajstić information content (AvgIpc) is 2.95. The first-order valence-corrected chi connectivity index (χ1v) is 12.8. The molecule has 0 bridgehead atoms. The summed E-state index contributed by atoms with van der Waals surface area (Å²) in [7, 11) is 6.84. The molecule has 0 amide bonds. The third-order valence-corrected chi connectivity index (χ3v) is 7.56. The second kappa shape index (κ2) is 14.9. The second-order valence-corrected chi connectivity index (χ2v) is 9.74. The van der Waals surface area contributed by atoms with Crippen molar-refractivity contribution in [3.8, 4) is 0 Å². The number of carboxylic acids is 1. The standard InChI is InChI=1S/C24H42O16/c1-9-12(27)13(28)14(10(7-25)36-9)38-24-21(35-6)17(33-4)18(19(40-24)22(29)30)39-23-20(34-5)16(32-3)15(31-2)11(8-26)37-23/h9-21,23-28H,7-8H2,1-6H3,(H,29,30)/t9-,10-,11-,12+,13-,14-,15-,16+,17+,18+,19+,20-,21-,23-,24-/m1/s1. The van der Waals surface area contributed by atoms with Crippen molar-refractivity contribution in [1.82, 2.24) is 0 Å². The summed E-state index contributed by atoms with van der Waals surface area (Å²) in [5.41, 5.74) is 0. The third kappa shape index (κ3) is 6.60. The molecule has 0 aliphatic carbocycles. The lowest BCUT2D eigenvalue weighted by molar-refractivity contribution is -0.373. The van der Waals surface area contributed by atoms with Gasteiger partial charge in [-0.05, 0) is 6.92 Å². The fourth-order valence-corrected chi connectivity index (χ4v) is 5.47. The van der Waals surface area contributed by atoms with Crippen LogP contribution in [0, 0.1) is 0 Å². The number of carboxylic acid groups (broad SMARTS) is 1. The SMILES string of the molecule is CO[C@@H]1[C@@H](OC)[C@H](O[C@H]2[C@H](O)[C@@H](O)[C@@H](C)O[C@@H]2CO)O[C@H](C(=O)O)[C@H]1O[C@H]1O[C@H](CO)[C@@H](OC)[C@H](OC)[C@H]1OC. The number of ether oxygens (including phenoxy) is 10. The monoisotopic (exact) mass is 586 g/mol. The van der Waals surface area contributed by atoms with Gasteiger partial charge in [-0.2, -0.15) is 0 Å². The third-order valence-electron chi connectivity index (χ3n) is 7.56. The molecule has 3 rings (SSSR count). The van der Waals surface area contributed by atoms with E-state index in [-0.39, 0.29) is 0 Å². The Morgan fingerprint density at radius 1 is 0.625 bits per heavy atom. The van der Waals surface area contributed by atoms with E-state index in [1.54, 1.807) is 0 Å². The summed E-state index contributed by atoms with van der Waals surface area (Å²) >= 11 is 0. The Hall–Kier alpha value is -1.09. The number of rotatable bonds is 12. The first kappa shape index (κ1) is 33.4. The molecule has 16 heteroatoms. The molecule has 15 atom stereocenters. The number of methoxy groups -OCH3 is 5. The van der Waals surface area contributed by atoms with Crippen molar-refractivity contribution in [3.05, 3.63) is 0 Å². The lowest BCUT2D eigenvalue weighted by Crippen LogP contribution is -2.68. The Bertz CT molecular complexity index is 786. The van der Waals surface area contributed by atoms with Crippen molar-refractivity contribution in [1.29, 1.82) is 0 Å². The summed E-state index contributed by atoms with van der Waals surface area (Å²) in [5.74, 6) is -1.44. The minimum Gasteiger partial charge on any atom is -0.479 e. The molecule has 40 heavy (non-hydrogen) atoms. The van der Waals surface area contributed by atoms with Gasteiger partial charge >= 0.3 is 5.97 Å². The van der Waals surface area contributed by atoms with Crippen molar-refractivity contribution < 1.29 is 77.7 Å². The second-order valence-electron chi connectivity index (χ2n) is 9.74. The van der Waals surface area contributed by atoms with Gasteiger partial charge in [0, 0.05) is 35.5 Å². The van der Waals surface area contributed by atoms with Crippen LogP contribution in [-0.2, 0) is 52.2 Å². The predicted octanol–water partition coefficient (Wildman–Crippen LogP) is -3.14. The summed E-state index contributed by atoms with van der Waals surface area (Å²) in [5, 5.41) is 50.7. The molecule has 0 aromatic carbocycles. The highest BCUT2D eigenvalue weighted by molar-refractivity contribution is 5.73. The Morgan fingerprint density at radius 3 is 1.55 bits per heavy atom. The van der Waals surface area contributed by atoms with E-state index >= 15 is 0 Å². The maximum atomic E-state index is 12.4. The van der Waals surface area contributed by atoms with Crippen LogP contribution in [0.3, 0.4) is 0 Å². The molecule has 0 spiro atoms. The molecule has 0 aromatic heterocycles. The summed E-state index contributed by atoms with van der Waals surface area (Å²) < 4.78 is 57.0. The van der Waals surface area contributed by atoms with Crippen LogP contribution in [0.4, 0.5) is 0 Å². The van der Waals surface area contributed by atoms with Crippen molar-refractivity contribution >= 4 is 5.97 Å². The quantitative estimate of drug-likeness (QED) is 0.153. The molecule has 5 N–H and O–H groups in total. The number of hydrogen-bond acceptors (Lipinski definition) is 15. The zero-order valence-electron chi connectivity index (χ0n) is 23.3. The van der Waals surface area contributed by atoms with Gasteiger partial charge in [0.1, 0.15) is 67.1 Å². The van der Waals surface area contributed by atoms with E-state index in [0.29, 0.717) is 0 Å². The number of aliphatic hydroxyl groups is 4. The lowest BCUT2D eigenvalue weighted by atomic mass is 9.94. The van der Waals surface area contributed by atoms with Gasteiger partial charge in [-0.3, -0.25) is 0 Å². The lowest BCUT2D eigenvalue weighted by Gasteiger charge is -2.49. The fraction of sp³-hybridized carbons (Fsp3) is 0.958. The van der Waals surface area contributed by atoms with Crippen LogP contribution >= 0.6 is 0 Å². The van der Waals surface area contributed by atoms with Crippen molar-refractivity contribution in [3.63, 3.8) is 0 Å². The summed E-state index contributed by atoms with van der Waals surface area (Å²) in [6.45, 7) is 0.512. The van der Waals surface area contributed by atoms with E-state index in [1.165, 1.54) is 42.5 Å². The highest BCUT2D eigenvalue weighted by Gasteiger charge is 2.56. The number of aliphatic carboxylic acids is 1. The van der Waals surface area contributed by atoms with Crippen LogP contribution in [-0.4, -0.2) is 172 Å². The van der Waals surface area contributed by atoms with Crippen LogP contribution in [0.2, 0.25) is 0 Å². The van der Waals surface area contributed by atoms with Gasteiger partial charge in [-0.25, -0.2) is 4.79 Å². The largest absolute Gasteiger partial charge is 0.479 e. The molecule has 0 saturated carbocycles. The van der Waals surface area contributed by atoms with Gasteiger partial charge in [0.15, 0.2) is 18.7 Å². The average molecular weight is 587 g/mol. The fourth-order valence-electron chi connectivity index (χ4n) is 5.47. The Labute approximate surface area is 231 Å². The predicted molar refractivity (Wildman–Crippen MR) is 129 cm³/mol. The van der Waals surface area contributed by atoms with Crippen LogP contribution in [0.15, 0.2) is 0 Å². The van der Waals surface area contributed by atoms with Crippen LogP contribution in [0.25, 0.3) is 0 Å². The molecule has 16 nitrogen and oxygen atoms in total. The van der Waals surface area contributed by atoms with Crippen molar-refractivity contribution in [2.45, 2.75) is 98.9 Å². The summed E-state index contributed by atoms with van der Waals surface area (Å²) in [6, 6.07) is 0. The van der Waals surface area contributed by atoms with Crippen molar-refractivity contribution in [2.24, 2.45) is 0 Å². The first-order chi connectivity index (χ1) is 19.1. The maximum Gasteiger partial charge on any atom is 0.335 e. The topological polar surface area (TPSA) is 211 Å². The normalized spacial score (nSPS) is 46.3. The Balaban J connectivity index is 1.89. The van der Waals surface area contributed by atoms with Gasteiger partial charge in [-0.15, -0.1) is 0 Å². The molecular formula is C24H42O16. The van der Waals surface area contributed by atoms with E-state index in [9.17, 15) is 30.3 Å². The van der Waals surface area contributed by atoms with E-state index in [0.717, 1.165) is 0 Å². The first-order valence-electron chi connectivity index (χ1n) is 12.8. The van der Waals surface area contributed by atoms with Gasteiger partial charge < -0.3 is 72.9 Å². The van der Waals surface area contributed by atoms with Crippen LogP contribution < -0.4 is 0 Å². The minimum atomic E-state index is -1.71. The number of aliphatic hydroxyl groups excluding tert-OH is 4. The Kier molecular flexibility index (Phi) is 12.4.